The first-order valence-corrected chi connectivity index (χ1v) is 3.52. The predicted octanol–water partition coefficient (Wildman–Crippen LogP) is 2.02. The molecule has 0 fully saturated rings. The van der Waals surface area contributed by atoms with Gasteiger partial charge in [-0.15, -0.1) is 6.42 Å². The summed E-state index contributed by atoms with van der Waals surface area (Å²) in [6.07, 6.45) is 5.08. The second kappa shape index (κ2) is 3.29. The Balaban J connectivity index is 3.34. The van der Waals surface area contributed by atoms with E-state index in [1.807, 2.05) is 0 Å². The standard InChI is InChI=1S/C9H5ClO2/c1-2-6-3-4-7(10)5-8(6)9(11)12/h1,3-5H,(H,11,12). The maximum atomic E-state index is 10.6. The van der Waals surface area contributed by atoms with Crippen molar-refractivity contribution < 1.29 is 9.90 Å². The maximum Gasteiger partial charge on any atom is 0.337 e. The quantitative estimate of drug-likeness (QED) is 0.672. The molecule has 1 aromatic carbocycles. The number of carboxylic acid groups (broad SMARTS) is 1. The topological polar surface area (TPSA) is 37.3 Å². The summed E-state index contributed by atoms with van der Waals surface area (Å²) >= 11 is 5.59. The fraction of sp³-hybridized carbons (Fsp3) is 0. The van der Waals surface area contributed by atoms with Gasteiger partial charge in [0, 0.05) is 10.6 Å². The molecule has 0 aliphatic heterocycles. The minimum atomic E-state index is -1.06. The maximum absolute atomic E-state index is 10.6. The average Bonchev–Trinajstić information content (AvgIpc) is 2.04. The number of rotatable bonds is 1. The summed E-state index contributed by atoms with van der Waals surface area (Å²) in [5, 5.41) is 9.03. The summed E-state index contributed by atoms with van der Waals surface area (Å²) in [6.45, 7) is 0. The highest BCUT2D eigenvalue weighted by Crippen LogP contribution is 2.15. The van der Waals surface area contributed by atoms with Crippen molar-refractivity contribution >= 4 is 17.6 Å². The minimum Gasteiger partial charge on any atom is -0.478 e. The second-order valence-electron chi connectivity index (χ2n) is 2.14. The van der Waals surface area contributed by atoms with Crippen LogP contribution in [0.25, 0.3) is 0 Å². The number of aromatic carboxylic acids is 1. The van der Waals surface area contributed by atoms with Crippen LogP contribution in [0.5, 0.6) is 0 Å². The van der Waals surface area contributed by atoms with Gasteiger partial charge in [-0.2, -0.15) is 0 Å². The van der Waals surface area contributed by atoms with E-state index in [1.165, 1.54) is 12.1 Å². The number of hydrogen-bond donors (Lipinski definition) is 1. The first kappa shape index (κ1) is 8.63. The highest BCUT2D eigenvalue weighted by Gasteiger charge is 2.07. The van der Waals surface area contributed by atoms with Crippen molar-refractivity contribution in [2.75, 3.05) is 0 Å². The summed E-state index contributed by atoms with van der Waals surface area (Å²) in [5.74, 6) is 1.20. The van der Waals surface area contributed by atoms with Gasteiger partial charge in [-0.1, -0.05) is 17.5 Å². The number of benzene rings is 1. The van der Waals surface area contributed by atoms with E-state index < -0.39 is 5.97 Å². The highest BCUT2D eigenvalue weighted by atomic mass is 35.5. The molecule has 0 atom stereocenters. The van der Waals surface area contributed by atoms with Crippen LogP contribution in [0.3, 0.4) is 0 Å². The largest absolute Gasteiger partial charge is 0.478 e. The Morgan fingerprint density at radius 2 is 2.25 bits per heavy atom. The van der Waals surface area contributed by atoms with E-state index in [9.17, 15) is 4.79 Å². The molecule has 12 heavy (non-hydrogen) atoms. The Bertz CT molecular complexity index is 363. The third-order valence-electron chi connectivity index (χ3n) is 1.37. The summed E-state index contributed by atoms with van der Waals surface area (Å²) in [5.41, 5.74) is 0.400. The minimum absolute atomic E-state index is 0.0602. The Kier molecular flexibility index (Phi) is 2.37. The van der Waals surface area contributed by atoms with Crippen LogP contribution >= 0.6 is 11.6 Å². The lowest BCUT2D eigenvalue weighted by molar-refractivity contribution is 0.0696. The molecule has 60 valence electrons. The van der Waals surface area contributed by atoms with Crippen LogP contribution < -0.4 is 0 Å². The normalized spacial score (nSPS) is 9.00. The number of halogens is 1. The van der Waals surface area contributed by atoms with Gasteiger partial charge in [0.25, 0.3) is 0 Å². The SMILES string of the molecule is C#Cc1ccc(Cl)cc1C(=O)O. The summed E-state index contributed by atoms with van der Waals surface area (Å²) in [4.78, 5) is 10.6. The molecular formula is C9H5ClO2. The smallest absolute Gasteiger partial charge is 0.337 e. The molecule has 0 heterocycles. The van der Waals surface area contributed by atoms with Crippen molar-refractivity contribution in [2.45, 2.75) is 0 Å². The zero-order chi connectivity index (χ0) is 9.14. The monoisotopic (exact) mass is 180 g/mol. The first-order chi connectivity index (χ1) is 5.65. The van der Waals surface area contributed by atoms with Crippen LogP contribution in [0.1, 0.15) is 15.9 Å². The lowest BCUT2D eigenvalue weighted by Gasteiger charge is -1.98. The fourth-order valence-corrected chi connectivity index (χ4v) is 0.991. The Hall–Kier alpha value is -1.46. The third-order valence-corrected chi connectivity index (χ3v) is 1.60. The molecule has 1 N–H and O–H groups in total. The van der Waals surface area contributed by atoms with Crippen LogP contribution in [0.15, 0.2) is 18.2 Å². The van der Waals surface area contributed by atoms with Crippen molar-refractivity contribution in [3.63, 3.8) is 0 Å². The molecule has 0 radical (unpaired) electrons. The first-order valence-electron chi connectivity index (χ1n) is 3.14. The zero-order valence-electron chi connectivity index (χ0n) is 6.04. The summed E-state index contributed by atoms with van der Waals surface area (Å²) in [6, 6.07) is 4.40. The molecule has 0 unspecified atom stereocenters. The van der Waals surface area contributed by atoms with Crippen molar-refractivity contribution in [3.05, 3.63) is 34.3 Å². The summed E-state index contributed by atoms with van der Waals surface area (Å²) in [7, 11) is 0. The van der Waals surface area contributed by atoms with Crippen LogP contribution in [0.2, 0.25) is 5.02 Å². The van der Waals surface area contributed by atoms with Gasteiger partial charge >= 0.3 is 5.97 Å². The van der Waals surface area contributed by atoms with E-state index in [-0.39, 0.29) is 5.56 Å². The van der Waals surface area contributed by atoms with Gasteiger partial charge in [0.2, 0.25) is 0 Å². The lowest BCUT2D eigenvalue weighted by Crippen LogP contribution is -1.99. The molecule has 3 heteroatoms. The molecule has 0 aromatic heterocycles. The number of hydrogen-bond acceptors (Lipinski definition) is 1. The molecular weight excluding hydrogens is 176 g/mol. The van der Waals surface area contributed by atoms with Gasteiger partial charge in [-0.3, -0.25) is 0 Å². The second-order valence-corrected chi connectivity index (χ2v) is 2.58. The van der Waals surface area contributed by atoms with Crippen molar-refractivity contribution in [3.8, 4) is 12.3 Å². The number of carboxylic acids is 1. The van der Waals surface area contributed by atoms with Gasteiger partial charge in [0.15, 0.2) is 0 Å². The third kappa shape index (κ3) is 1.58. The molecule has 0 aliphatic rings. The summed E-state index contributed by atoms with van der Waals surface area (Å²) < 4.78 is 0. The molecule has 0 saturated carbocycles. The van der Waals surface area contributed by atoms with Crippen LogP contribution in [0.4, 0.5) is 0 Å². The van der Waals surface area contributed by atoms with E-state index in [0.29, 0.717) is 10.6 Å². The Morgan fingerprint density at radius 1 is 1.58 bits per heavy atom. The predicted molar refractivity (Wildman–Crippen MR) is 46.3 cm³/mol. The van der Waals surface area contributed by atoms with Crippen molar-refractivity contribution in [1.82, 2.24) is 0 Å². The van der Waals surface area contributed by atoms with Gasteiger partial charge in [-0.05, 0) is 18.2 Å². The molecule has 0 bridgehead atoms. The van der Waals surface area contributed by atoms with Gasteiger partial charge in [0.05, 0.1) is 5.56 Å². The molecule has 1 aromatic rings. The molecule has 1 rings (SSSR count). The molecule has 0 spiro atoms. The van der Waals surface area contributed by atoms with E-state index in [2.05, 4.69) is 5.92 Å². The van der Waals surface area contributed by atoms with E-state index in [4.69, 9.17) is 23.1 Å². The molecule has 0 aliphatic carbocycles. The fourth-order valence-electron chi connectivity index (χ4n) is 0.819. The molecule has 0 saturated heterocycles. The number of carbonyl (C=O) groups is 1. The zero-order valence-corrected chi connectivity index (χ0v) is 6.80. The lowest BCUT2D eigenvalue weighted by atomic mass is 10.1. The van der Waals surface area contributed by atoms with E-state index in [0.717, 1.165) is 0 Å². The van der Waals surface area contributed by atoms with Crippen molar-refractivity contribution in [2.24, 2.45) is 0 Å². The van der Waals surface area contributed by atoms with Crippen LogP contribution in [-0.4, -0.2) is 11.1 Å². The number of terminal acetylenes is 1. The Morgan fingerprint density at radius 3 is 2.75 bits per heavy atom. The van der Waals surface area contributed by atoms with E-state index >= 15 is 0 Å². The molecule has 0 amide bonds. The highest BCUT2D eigenvalue weighted by molar-refractivity contribution is 6.31. The average molecular weight is 181 g/mol. The Labute approximate surface area is 74.8 Å². The molecule has 2 nitrogen and oxygen atoms in total. The van der Waals surface area contributed by atoms with Gasteiger partial charge in [0.1, 0.15) is 0 Å². The van der Waals surface area contributed by atoms with Crippen LogP contribution in [0, 0.1) is 12.3 Å². The van der Waals surface area contributed by atoms with Crippen LogP contribution in [-0.2, 0) is 0 Å². The van der Waals surface area contributed by atoms with Gasteiger partial charge < -0.3 is 5.11 Å². The van der Waals surface area contributed by atoms with Crippen molar-refractivity contribution in [1.29, 1.82) is 0 Å². The van der Waals surface area contributed by atoms with Gasteiger partial charge in [-0.25, -0.2) is 4.79 Å². The van der Waals surface area contributed by atoms with E-state index in [1.54, 1.807) is 6.07 Å².